The molecule has 36 heavy (non-hydrogen) atoms. The summed E-state index contributed by atoms with van der Waals surface area (Å²) in [5, 5.41) is 18.3. The van der Waals surface area contributed by atoms with Crippen LogP contribution < -0.4 is 0 Å². The smallest absolute Gasteiger partial charge is 0.266 e. The van der Waals surface area contributed by atoms with Crippen LogP contribution >= 0.6 is 24.0 Å². The van der Waals surface area contributed by atoms with E-state index in [9.17, 15) is 14.3 Å². The fourth-order valence-electron chi connectivity index (χ4n) is 5.57. The Morgan fingerprint density at radius 2 is 2.08 bits per heavy atom. The van der Waals surface area contributed by atoms with E-state index in [1.807, 2.05) is 11.0 Å². The van der Waals surface area contributed by atoms with Gasteiger partial charge in [-0.15, -0.1) is 0 Å². The van der Waals surface area contributed by atoms with Gasteiger partial charge in [-0.25, -0.2) is 4.39 Å². The van der Waals surface area contributed by atoms with Crippen molar-refractivity contribution in [2.45, 2.75) is 50.7 Å². The maximum Gasteiger partial charge on any atom is 0.266 e. The van der Waals surface area contributed by atoms with Crippen molar-refractivity contribution in [2.24, 2.45) is 11.8 Å². The van der Waals surface area contributed by atoms with Gasteiger partial charge in [0.2, 0.25) is 0 Å². The van der Waals surface area contributed by atoms with E-state index in [-0.39, 0.29) is 31.0 Å². The lowest BCUT2D eigenvalue weighted by molar-refractivity contribution is -0.124. The van der Waals surface area contributed by atoms with Crippen molar-refractivity contribution < 1.29 is 28.6 Å². The van der Waals surface area contributed by atoms with E-state index in [2.05, 4.69) is 0 Å². The Bertz CT molecular complexity index is 1150. The molecule has 192 valence electrons. The first-order chi connectivity index (χ1) is 17.4. The van der Waals surface area contributed by atoms with Crippen molar-refractivity contribution in [3.05, 3.63) is 52.4 Å². The van der Waals surface area contributed by atoms with Crippen molar-refractivity contribution in [3.63, 3.8) is 0 Å². The first kappa shape index (κ1) is 25.6. The van der Waals surface area contributed by atoms with Gasteiger partial charge in [0.15, 0.2) is 0 Å². The standard InChI is InChI=1S/C27H30FNO5S2/c28-20-7-5-17(6-8-20)23-12-19(2-1-9-33-15-21(31)14-30)24(34-23)13-25-26(32)29(27(35)36-25)22-11-16-3-4-18(22)10-16/h5-8,12-13,16,18,21-22,30-31H,1-4,9-11,14-15H2/b25-13+/t16?,18?,21-,22?/m1/s1. The molecule has 3 fully saturated rings. The number of thioether (sulfide) groups is 1. The number of benzene rings is 1. The van der Waals surface area contributed by atoms with E-state index in [0.717, 1.165) is 17.5 Å². The summed E-state index contributed by atoms with van der Waals surface area (Å²) in [4.78, 5) is 15.8. The molecule has 1 amide bonds. The molecular weight excluding hydrogens is 501 g/mol. The molecule has 1 aromatic heterocycles. The van der Waals surface area contributed by atoms with Crippen molar-refractivity contribution >= 4 is 40.3 Å². The fourth-order valence-corrected chi connectivity index (χ4v) is 6.91. The highest BCUT2D eigenvalue weighted by Crippen LogP contribution is 2.49. The molecule has 3 aliphatic rings. The van der Waals surface area contributed by atoms with Gasteiger partial charge in [0.25, 0.3) is 5.91 Å². The number of nitrogens with zero attached hydrogens (tertiary/aromatic N) is 1. The summed E-state index contributed by atoms with van der Waals surface area (Å²) in [6.07, 6.45) is 6.84. The van der Waals surface area contributed by atoms with Crippen LogP contribution in [-0.4, -0.2) is 57.3 Å². The maximum absolute atomic E-state index is 13.4. The molecule has 3 unspecified atom stereocenters. The molecular formula is C27H30FNO5S2. The fraction of sp³-hybridized carbons (Fsp3) is 0.481. The van der Waals surface area contributed by atoms with Gasteiger partial charge in [-0.3, -0.25) is 9.69 Å². The number of aryl methyl sites for hydroxylation is 1. The van der Waals surface area contributed by atoms with Gasteiger partial charge in [0.05, 0.1) is 18.1 Å². The van der Waals surface area contributed by atoms with Gasteiger partial charge >= 0.3 is 0 Å². The Morgan fingerprint density at radius 1 is 1.28 bits per heavy atom. The quantitative estimate of drug-likeness (QED) is 0.259. The van der Waals surface area contributed by atoms with Crippen molar-refractivity contribution in [3.8, 4) is 11.3 Å². The SMILES string of the molecule is O=C1/C(=C\c2oc(-c3ccc(F)cc3)cc2CCCOC[C@H](O)CO)SC(=S)N1C1CC2CCC1C2. The van der Waals surface area contributed by atoms with Crippen LogP contribution in [0.4, 0.5) is 4.39 Å². The zero-order chi connectivity index (χ0) is 25.2. The molecule has 2 aromatic rings. The number of hydrogen-bond donors (Lipinski definition) is 2. The number of amides is 1. The Hall–Kier alpha value is -2.04. The van der Waals surface area contributed by atoms with Crippen LogP contribution in [-0.2, 0) is 16.0 Å². The largest absolute Gasteiger partial charge is 0.456 e. The van der Waals surface area contributed by atoms with Crippen LogP contribution in [0.2, 0.25) is 0 Å². The minimum Gasteiger partial charge on any atom is -0.456 e. The van der Waals surface area contributed by atoms with Crippen LogP contribution in [0.5, 0.6) is 0 Å². The summed E-state index contributed by atoms with van der Waals surface area (Å²) in [6, 6.07) is 8.22. The third-order valence-corrected chi connectivity index (χ3v) is 8.67. The van der Waals surface area contributed by atoms with Gasteiger partial charge in [-0.05, 0) is 79.8 Å². The molecule has 1 saturated heterocycles. The topological polar surface area (TPSA) is 83.1 Å². The maximum atomic E-state index is 13.4. The van der Waals surface area contributed by atoms with Crippen molar-refractivity contribution in [2.75, 3.05) is 19.8 Å². The number of hydrogen-bond acceptors (Lipinski definition) is 7. The Kier molecular flexibility index (Phi) is 7.93. The molecule has 0 radical (unpaired) electrons. The van der Waals surface area contributed by atoms with Crippen LogP contribution in [0.25, 0.3) is 17.4 Å². The monoisotopic (exact) mass is 531 g/mol. The molecule has 5 rings (SSSR count). The highest BCUT2D eigenvalue weighted by atomic mass is 32.2. The van der Waals surface area contributed by atoms with Gasteiger partial charge in [0.1, 0.15) is 27.8 Å². The summed E-state index contributed by atoms with van der Waals surface area (Å²) >= 11 is 6.95. The van der Waals surface area contributed by atoms with E-state index < -0.39 is 6.10 Å². The molecule has 2 bridgehead atoms. The van der Waals surface area contributed by atoms with Crippen LogP contribution in [0.1, 0.15) is 43.4 Å². The van der Waals surface area contributed by atoms with E-state index in [1.165, 1.54) is 43.2 Å². The molecule has 2 heterocycles. The van der Waals surface area contributed by atoms with Crippen molar-refractivity contribution in [1.29, 1.82) is 0 Å². The van der Waals surface area contributed by atoms with Crippen LogP contribution in [0.3, 0.4) is 0 Å². The second-order valence-corrected chi connectivity index (χ2v) is 11.5. The molecule has 2 saturated carbocycles. The number of aliphatic hydroxyl groups excluding tert-OH is 2. The number of thiocarbonyl (C=S) groups is 1. The number of carbonyl (C=O) groups excluding carboxylic acids is 1. The number of ether oxygens (including phenoxy) is 1. The van der Waals surface area contributed by atoms with Crippen LogP contribution in [0.15, 0.2) is 39.7 Å². The van der Waals surface area contributed by atoms with Gasteiger partial charge in [0, 0.05) is 24.3 Å². The number of halogens is 1. The molecule has 6 nitrogen and oxygen atoms in total. The number of aliphatic hydroxyl groups is 2. The van der Waals surface area contributed by atoms with Crippen molar-refractivity contribution in [1.82, 2.24) is 4.90 Å². The molecule has 1 aliphatic heterocycles. The number of rotatable bonds is 10. The second-order valence-electron chi connectivity index (χ2n) is 9.82. The summed E-state index contributed by atoms with van der Waals surface area (Å²) in [5.41, 5.74) is 1.65. The zero-order valence-corrected chi connectivity index (χ0v) is 21.5. The third kappa shape index (κ3) is 5.45. The Balaban J connectivity index is 1.35. The van der Waals surface area contributed by atoms with E-state index in [1.54, 1.807) is 18.2 Å². The summed E-state index contributed by atoms with van der Waals surface area (Å²) in [5.74, 6) is 2.07. The molecule has 4 atom stereocenters. The summed E-state index contributed by atoms with van der Waals surface area (Å²) in [7, 11) is 0. The molecule has 0 spiro atoms. The third-order valence-electron chi connectivity index (χ3n) is 7.34. The molecule has 2 N–H and O–H groups in total. The number of furan rings is 1. The zero-order valence-electron chi connectivity index (χ0n) is 19.9. The van der Waals surface area contributed by atoms with Crippen LogP contribution in [0, 0.1) is 17.7 Å². The van der Waals surface area contributed by atoms with Gasteiger partial charge in [-0.2, -0.15) is 0 Å². The van der Waals surface area contributed by atoms with E-state index >= 15 is 0 Å². The predicted octanol–water partition coefficient (Wildman–Crippen LogP) is 4.78. The molecule has 2 aliphatic carbocycles. The van der Waals surface area contributed by atoms with Gasteiger partial charge < -0.3 is 19.4 Å². The highest BCUT2D eigenvalue weighted by Gasteiger charge is 2.48. The summed E-state index contributed by atoms with van der Waals surface area (Å²) < 4.78 is 25.7. The predicted molar refractivity (Wildman–Crippen MR) is 141 cm³/mol. The molecule has 1 aromatic carbocycles. The van der Waals surface area contributed by atoms with E-state index in [4.69, 9.17) is 26.5 Å². The lowest BCUT2D eigenvalue weighted by atomic mass is 9.94. The minimum atomic E-state index is -0.892. The summed E-state index contributed by atoms with van der Waals surface area (Å²) in [6.45, 7) is 0.133. The number of carbonyl (C=O) groups is 1. The lowest BCUT2D eigenvalue weighted by Gasteiger charge is -2.30. The van der Waals surface area contributed by atoms with Gasteiger partial charge in [-0.1, -0.05) is 30.4 Å². The average molecular weight is 532 g/mol. The first-order valence-corrected chi connectivity index (χ1v) is 13.7. The Morgan fingerprint density at radius 3 is 2.78 bits per heavy atom. The van der Waals surface area contributed by atoms with E-state index in [0.29, 0.717) is 52.0 Å². The average Bonchev–Trinajstić information content (AvgIpc) is 3.64. The first-order valence-electron chi connectivity index (χ1n) is 12.4. The second kappa shape index (κ2) is 11.1. The normalized spacial score (nSPS) is 25.5. The Labute approximate surface area is 219 Å². The number of fused-ring (bicyclic) bond motifs is 2. The highest BCUT2D eigenvalue weighted by molar-refractivity contribution is 8.26. The lowest BCUT2D eigenvalue weighted by Crippen LogP contribution is -2.41. The minimum absolute atomic E-state index is 0.0467. The molecule has 9 heteroatoms.